The second kappa shape index (κ2) is 3.63. The number of hydrogen-bond donors (Lipinski definition) is 0. The van der Waals surface area contributed by atoms with Crippen molar-refractivity contribution in [2.75, 3.05) is 6.61 Å². The zero-order valence-electron chi connectivity index (χ0n) is 6.81. The summed E-state index contributed by atoms with van der Waals surface area (Å²) in [6.07, 6.45) is 7.44. The maximum Gasteiger partial charge on any atom is 0.0927 e. The largest absolute Gasteiger partial charge is 0.375 e. The van der Waals surface area contributed by atoms with Gasteiger partial charge in [0.2, 0.25) is 0 Å². The summed E-state index contributed by atoms with van der Waals surface area (Å²) in [4.78, 5) is 8.25. The smallest absolute Gasteiger partial charge is 0.0927 e. The van der Waals surface area contributed by atoms with Crippen LogP contribution in [0.3, 0.4) is 0 Å². The van der Waals surface area contributed by atoms with Crippen LogP contribution >= 0.6 is 0 Å². The van der Waals surface area contributed by atoms with Crippen molar-refractivity contribution in [3.05, 3.63) is 30.9 Å². The molecule has 1 radical (unpaired) electrons. The summed E-state index contributed by atoms with van der Waals surface area (Å²) in [6.45, 7) is 2.71. The van der Waals surface area contributed by atoms with E-state index in [0.29, 0.717) is 5.92 Å². The van der Waals surface area contributed by atoms with Gasteiger partial charge in [-0.2, -0.15) is 0 Å². The summed E-state index contributed by atoms with van der Waals surface area (Å²) in [5, 5.41) is 0. The first kappa shape index (κ1) is 7.68. The van der Waals surface area contributed by atoms with Gasteiger partial charge in [-0.1, -0.05) is 0 Å². The lowest BCUT2D eigenvalue weighted by Gasteiger charge is -2.19. The zero-order valence-corrected chi connectivity index (χ0v) is 6.81. The van der Waals surface area contributed by atoms with Crippen molar-refractivity contribution in [2.24, 2.45) is 0 Å². The Bertz CT molecular complexity index is 232. The molecule has 2 rings (SSSR count). The van der Waals surface area contributed by atoms with Gasteiger partial charge in [-0.05, 0) is 12.8 Å². The Morgan fingerprint density at radius 2 is 2.42 bits per heavy atom. The fourth-order valence-electron chi connectivity index (χ4n) is 1.36. The van der Waals surface area contributed by atoms with Gasteiger partial charge in [0.25, 0.3) is 0 Å². The molecule has 1 fully saturated rings. The quantitative estimate of drug-likeness (QED) is 0.629. The highest BCUT2D eigenvalue weighted by atomic mass is 16.5. The molecule has 1 saturated heterocycles. The molecule has 0 amide bonds. The monoisotopic (exact) mass is 163 g/mol. The van der Waals surface area contributed by atoms with E-state index in [0.717, 1.165) is 25.1 Å². The number of aromatic nitrogens is 2. The molecule has 1 aliphatic heterocycles. The predicted molar refractivity (Wildman–Crippen MR) is 44.3 cm³/mol. The van der Waals surface area contributed by atoms with Crippen LogP contribution in [0.5, 0.6) is 0 Å². The van der Waals surface area contributed by atoms with Crippen LogP contribution in [-0.2, 0) is 4.74 Å². The summed E-state index contributed by atoms with van der Waals surface area (Å²) >= 11 is 0. The zero-order chi connectivity index (χ0) is 8.23. The van der Waals surface area contributed by atoms with E-state index in [4.69, 9.17) is 4.74 Å². The van der Waals surface area contributed by atoms with Crippen molar-refractivity contribution in [2.45, 2.75) is 18.8 Å². The molecule has 1 unspecified atom stereocenters. The average molecular weight is 163 g/mol. The van der Waals surface area contributed by atoms with Gasteiger partial charge < -0.3 is 4.74 Å². The lowest BCUT2D eigenvalue weighted by molar-refractivity contribution is 0.139. The SMILES string of the molecule is [CH]1OCCCC1c1cnccn1. The van der Waals surface area contributed by atoms with Crippen molar-refractivity contribution in [3.8, 4) is 0 Å². The maximum absolute atomic E-state index is 5.24. The molecule has 2 heterocycles. The van der Waals surface area contributed by atoms with E-state index in [1.54, 1.807) is 18.6 Å². The van der Waals surface area contributed by atoms with E-state index < -0.39 is 0 Å². The molecule has 12 heavy (non-hydrogen) atoms. The molecule has 1 aromatic rings. The topological polar surface area (TPSA) is 35.0 Å². The van der Waals surface area contributed by atoms with Crippen LogP contribution in [0.25, 0.3) is 0 Å². The molecule has 0 saturated carbocycles. The lowest BCUT2D eigenvalue weighted by Crippen LogP contribution is -2.12. The molecule has 3 heteroatoms. The Hall–Kier alpha value is -0.960. The van der Waals surface area contributed by atoms with Gasteiger partial charge in [-0.25, -0.2) is 0 Å². The van der Waals surface area contributed by atoms with Gasteiger partial charge in [-0.3, -0.25) is 9.97 Å². The highest BCUT2D eigenvalue weighted by Crippen LogP contribution is 2.25. The number of nitrogens with zero attached hydrogens (tertiary/aromatic N) is 2. The van der Waals surface area contributed by atoms with Crippen LogP contribution in [0.15, 0.2) is 18.6 Å². The van der Waals surface area contributed by atoms with Gasteiger partial charge in [-0.15, -0.1) is 0 Å². The molecule has 63 valence electrons. The Kier molecular flexibility index (Phi) is 2.32. The molecule has 3 nitrogen and oxygen atoms in total. The third-order valence-corrected chi connectivity index (χ3v) is 2.00. The average Bonchev–Trinajstić information content (AvgIpc) is 2.21. The van der Waals surface area contributed by atoms with Crippen LogP contribution in [-0.4, -0.2) is 16.6 Å². The van der Waals surface area contributed by atoms with Gasteiger partial charge in [0.15, 0.2) is 0 Å². The molecule has 0 aliphatic carbocycles. The van der Waals surface area contributed by atoms with Gasteiger partial charge in [0.1, 0.15) is 0 Å². The molecule has 0 aromatic carbocycles. The van der Waals surface area contributed by atoms with Crippen LogP contribution in [0.2, 0.25) is 0 Å². The van der Waals surface area contributed by atoms with E-state index in [-0.39, 0.29) is 0 Å². The van der Waals surface area contributed by atoms with E-state index in [2.05, 4.69) is 9.97 Å². The van der Waals surface area contributed by atoms with Crippen LogP contribution in [0.4, 0.5) is 0 Å². The van der Waals surface area contributed by atoms with Gasteiger partial charge >= 0.3 is 0 Å². The van der Waals surface area contributed by atoms with Crippen LogP contribution in [0.1, 0.15) is 24.5 Å². The van der Waals surface area contributed by atoms with Crippen molar-refractivity contribution < 1.29 is 4.74 Å². The summed E-state index contributed by atoms with van der Waals surface area (Å²) in [5.74, 6) is 0.340. The third-order valence-electron chi connectivity index (χ3n) is 2.00. The number of ether oxygens (including phenoxy) is 1. The second-order valence-corrected chi connectivity index (χ2v) is 2.89. The van der Waals surface area contributed by atoms with Crippen molar-refractivity contribution >= 4 is 0 Å². The molecular formula is C9H11N2O. The molecule has 0 N–H and O–H groups in total. The van der Waals surface area contributed by atoms with E-state index in [9.17, 15) is 0 Å². The Morgan fingerprint density at radius 3 is 3.08 bits per heavy atom. The first-order chi connectivity index (χ1) is 5.97. The molecule has 1 atom stereocenters. The summed E-state index contributed by atoms with van der Waals surface area (Å²) in [7, 11) is 0. The Morgan fingerprint density at radius 1 is 1.42 bits per heavy atom. The summed E-state index contributed by atoms with van der Waals surface area (Å²) < 4.78 is 5.24. The van der Waals surface area contributed by atoms with E-state index in [1.165, 1.54) is 0 Å². The highest BCUT2D eigenvalue weighted by molar-refractivity contribution is 5.07. The van der Waals surface area contributed by atoms with E-state index >= 15 is 0 Å². The number of rotatable bonds is 1. The standard InChI is InChI=1S/C9H11N2O/c1-2-8(7-12-5-1)9-6-10-3-4-11-9/h3-4,6-8H,1-2,5H2. The van der Waals surface area contributed by atoms with E-state index in [1.807, 2.05) is 6.61 Å². The first-order valence-corrected chi connectivity index (χ1v) is 4.17. The second-order valence-electron chi connectivity index (χ2n) is 2.89. The fourth-order valence-corrected chi connectivity index (χ4v) is 1.36. The lowest BCUT2D eigenvalue weighted by atomic mass is 9.99. The maximum atomic E-state index is 5.24. The van der Waals surface area contributed by atoms with Gasteiger partial charge in [0, 0.05) is 31.1 Å². The van der Waals surface area contributed by atoms with Crippen molar-refractivity contribution in [3.63, 3.8) is 0 Å². The molecular weight excluding hydrogens is 152 g/mol. The molecule has 0 bridgehead atoms. The number of hydrogen-bond acceptors (Lipinski definition) is 3. The minimum absolute atomic E-state index is 0.340. The Balaban J connectivity index is 2.08. The highest BCUT2D eigenvalue weighted by Gasteiger charge is 2.17. The predicted octanol–water partition coefficient (Wildman–Crippen LogP) is 1.53. The minimum Gasteiger partial charge on any atom is -0.375 e. The molecule has 0 spiro atoms. The third kappa shape index (κ3) is 1.61. The summed E-state index contributed by atoms with van der Waals surface area (Å²) in [5.41, 5.74) is 1.01. The Labute approximate surface area is 71.8 Å². The fraction of sp³-hybridized carbons (Fsp3) is 0.444. The molecule has 1 aliphatic rings. The van der Waals surface area contributed by atoms with Crippen molar-refractivity contribution in [1.29, 1.82) is 0 Å². The first-order valence-electron chi connectivity index (χ1n) is 4.17. The molecule has 1 aromatic heterocycles. The van der Waals surface area contributed by atoms with Crippen LogP contribution in [0, 0.1) is 6.61 Å². The van der Waals surface area contributed by atoms with Gasteiger partial charge in [0.05, 0.1) is 12.3 Å². The van der Waals surface area contributed by atoms with Crippen LogP contribution < -0.4 is 0 Å². The van der Waals surface area contributed by atoms with Crippen molar-refractivity contribution in [1.82, 2.24) is 9.97 Å². The normalized spacial score (nSPS) is 23.8. The summed E-state index contributed by atoms with van der Waals surface area (Å²) in [6, 6.07) is 0. The minimum atomic E-state index is 0.340.